The molecule has 2 aromatic carbocycles. The number of anilines is 1. The zero-order valence-electron chi connectivity index (χ0n) is 17.5. The molecule has 0 aromatic heterocycles. The molecule has 32 heavy (non-hydrogen) atoms. The summed E-state index contributed by atoms with van der Waals surface area (Å²) >= 11 is 0. The van der Waals surface area contributed by atoms with Gasteiger partial charge in [-0.15, -0.1) is 0 Å². The molecule has 0 radical (unpaired) electrons. The minimum atomic E-state index is -0.988. The summed E-state index contributed by atoms with van der Waals surface area (Å²) in [5.41, 5.74) is 2.95. The van der Waals surface area contributed by atoms with Crippen molar-refractivity contribution in [2.45, 2.75) is 12.8 Å². The van der Waals surface area contributed by atoms with Crippen molar-refractivity contribution in [2.75, 3.05) is 32.1 Å². The number of rotatable bonds is 7. The average Bonchev–Trinajstić information content (AvgIpc) is 3.34. The third-order valence-corrected chi connectivity index (χ3v) is 4.69. The van der Waals surface area contributed by atoms with Gasteiger partial charge in [-0.05, 0) is 60.9 Å². The summed E-state index contributed by atoms with van der Waals surface area (Å²) in [6.45, 7) is 1.42. The summed E-state index contributed by atoms with van der Waals surface area (Å²) in [5, 5.41) is 6.07. The molecule has 1 saturated heterocycles. The minimum Gasteiger partial charge on any atom is -0.493 e. The molecule has 1 heterocycles. The molecule has 1 aliphatic heterocycles. The van der Waals surface area contributed by atoms with Crippen LogP contribution in [0.25, 0.3) is 0 Å². The summed E-state index contributed by atoms with van der Waals surface area (Å²) in [7, 11) is 1.47. The van der Waals surface area contributed by atoms with E-state index >= 15 is 0 Å². The molecular weight excluding hydrogens is 419 g/mol. The highest BCUT2D eigenvalue weighted by Gasteiger charge is 2.19. The number of likely N-dealkylation sites (tertiary alicyclic amines) is 1. The Morgan fingerprint density at radius 3 is 2.47 bits per heavy atom. The molecule has 0 aliphatic carbocycles. The first-order chi connectivity index (χ1) is 15.5. The molecule has 2 aromatic rings. The van der Waals surface area contributed by atoms with Gasteiger partial charge in [-0.1, -0.05) is 0 Å². The van der Waals surface area contributed by atoms with E-state index in [0.29, 0.717) is 17.1 Å². The maximum Gasteiger partial charge on any atom is 0.329 e. The van der Waals surface area contributed by atoms with E-state index < -0.39 is 17.6 Å². The fourth-order valence-corrected chi connectivity index (χ4v) is 3.02. The van der Waals surface area contributed by atoms with Gasteiger partial charge in [0.2, 0.25) is 0 Å². The first-order valence-electron chi connectivity index (χ1n) is 9.95. The van der Waals surface area contributed by atoms with Gasteiger partial charge in [-0.3, -0.25) is 14.4 Å². The topological polar surface area (TPSA) is 109 Å². The van der Waals surface area contributed by atoms with Crippen molar-refractivity contribution >= 4 is 29.6 Å². The van der Waals surface area contributed by atoms with Gasteiger partial charge < -0.3 is 19.7 Å². The highest BCUT2D eigenvalue weighted by molar-refractivity contribution is 6.39. The van der Waals surface area contributed by atoms with Gasteiger partial charge in [0.1, 0.15) is 5.82 Å². The van der Waals surface area contributed by atoms with Gasteiger partial charge in [-0.2, -0.15) is 5.10 Å². The SMILES string of the molecule is COc1cc(/C=N\NC(=O)C(=O)Nc2ccc(F)cc2)ccc1OCC(=O)N1CCCC1. The van der Waals surface area contributed by atoms with Crippen LogP contribution in [0.1, 0.15) is 18.4 Å². The first kappa shape index (κ1) is 22.7. The third-order valence-electron chi connectivity index (χ3n) is 4.69. The van der Waals surface area contributed by atoms with Crippen LogP contribution >= 0.6 is 0 Å². The largest absolute Gasteiger partial charge is 0.493 e. The first-order valence-corrected chi connectivity index (χ1v) is 9.95. The average molecular weight is 442 g/mol. The van der Waals surface area contributed by atoms with Gasteiger partial charge in [0.15, 0.2) is 18.1 Å². The highest BCUT2D eigenvalue weighted by atomic mass is 19.1. The molecule has 3 rings (SSSR count). The van der Waals surface area contributed by atoms with E-state index in [-0.39, 0.29) is 18.2 Å². The number of amides is 3. The number of benzene rings is 2. The summed E-state index contributed by atoms with van der Waals surface area (Å²) in [5.74, 6) is -1.67. The smallest absolute Gasteiger partial charge is 0.329 e. The maximum absolute atomic E-state index is 12.9. The second kappa shape index (κ2) is 10.9. The van der Waals surface area contributed by atoms with E-state index in [1.165, 1.54) is 25.5 Å². The van der Waals surface area contributed by atoms with E-state index in [4.69, 9.17) is 9.47 Å². The molecule has 3 amide bonds. The Hall–Kier alpha value is -3.95. The molecule has 9 nitrogen and oxygen atoms in total. The van der Waals surface area contributed by atoms with Crippen LogP contribution in [0.4, 0.5) is 10.1 Å². The van der Waals surface area contributed by atoms with Crippen LogP contribution < -0.4 is 20.2 Å². The Labute approximate surface area is 184 Å². The fraction of sp³-hybridized carbons (Fsp3) is 0.273. The lowest BCUT2D eigenvalue weighted by molar-refractivity contribution is -0.136. The van der Waals surface area contributed by atoms with E-state index in [1.54, 1.807) is 23.1 Å². The lowest BCUT2D eigenvalue weighted by Gasteiger charge is -2.16. The molecule has 1 fully saturated rings. The number of hydrogen-bond acceptors (Lipinski definition) is 6. The van der Waals surface area contributed by atoms with Gasteiger partial charge in [0.05, 0.1) is 13.3 Å². The highest BCUT2D eigenvalue weighted by Crippen LogP contribution is 2.27. The van der Waals surface area contributed by atoms with Crippen LogP contribution in [-0.2, 0) is 14.4 Å². The zero-order chi connectivity index (χ0) is 22.9. The molecule has 10 heteroatoms. The van der Waals surface area contributed by atoms with Gasteiger partial charge in [0.25, 0.3) is 5.91 Å². The number of hydrogen-bond donors (Lipinski definition) is 2. The zero-order valence-corrected chi connectivity index (χ0v) is 17.5. The predicted molar refractivity (Wildman–Crippen MR) is 115 cm³/mol. The van der Waals surface area contributed by atoms with Crippen molar-refractivity contribution in [3.8, 4) is 11.5 Å². The lowest BCUT2D eigenvalue weighted by Crippen LogP contribution is -2.32. The Kier molecular flexibility index (Phi) is 7.74. The fourth-order valence-electron chi connectivity index (χ4n) is 3.02. The van der Waals surface area contributed by atoms with Crippen LogP contribution in [0.5, 0.6) is 11.5 Å². The van der Waals surface area contributed by atoms with E-state index in [1.807, 2.05) is 0 Å². The lowest BCUT2D eigenvalue weighted by atomic mass is 10.2. The molecule has 2 N–H and O–H groups in total. The number of carbonyl (C=O) groups excluding carboxylic acids is 3. The summed E-state index contributed by atoms with van der Waals surface area (Å²) < 4.78 is 23.8. The molecule has 0 atom stereocenters. The monoisotopic (exact) mass is 442 g/mol. The Bertz CT molecular complexity index is 1000. The Morgan fingerprint density at radius 2 is 1.78 bits per heavy atom. The minimum absolute atomic E-state index is 0.0724. The molecule has 0 saturated carbocycles. The number of carbonyl (C=O) groups is 3. The number of hydrazone groups is 1. The number of nitrogens with one attached hydrogen (secondary N) is 2. The van der Waals surface area contributed by atoms with E-state index in [0.717, 1.165) is 38.1 Å². The maximum atomic E-state index is 12.9. The summed E-state index contributed by atoms with van der Waals surface area (Å²) in [6, 6.07) is 9.89. The second-order valence-corrected chi connectivity index (χ2v) is 6.95. The van der Waals surface area contributed by atoms with Gasteiger partial charge >= 0.3 is 11.8 Å². The molecule has 168 valence electrons. The van der Waals surface area contributed by atoms with Crippen molar-refractivity contribution in [1.82, 2.24) is 10.3 Å². The number of methoxy groups -OCH3 is 1. The normalized spacial score (nSPS) is 13.1. The summed E-state index contributed by atoms with van der Waals surface area (Å²) in [4.78, 5) is 37.6. The van der Waals surface area contributed by atoms with Crippen LogP contribution in [0, 0.1) is 5.82 Å². The molecule has 1 aliphatic rings. The van der Waals surface area contributed by atoms with E-state index in [9.17, 15) is 18.8 Å². The standard InChI is InChI=1S/C22H23FN4O5/c1-31-19-12-15(4-9-18(19)32-14-20(28)27-10-2-3-11-27)13-24-26-22(30)21(29)25-17-7-5-16(23)6-8-17/h4-9,12-13H,2-3,10-11,14H2,1H3,(H,25,29)(H,26,30)/b24-13-. The van der Waals surface area contributed by atoms with Crippen molar-refractivity contribution in [2.24, 2.45) is 5.10 Å². The predicted octanol–water partition coefficient (Wildman–Crippen LogP) is 1.92. The van der Waals surface area contributed by atoms with E-state index in [2.05, 4.69) is 15.8 Å². The Balaban J connectivity index is 1.52. The van der Waals surface area contributed by atoms with Crippen LogP contribution in [0.15, 0.2) is 47.6 Å². The Morgan fingerprint density at radius 1 is 1.06 bits per heavy atom. The third kappa shape index (κ3) is 6.27. The number of halogens is 1. The van der Waals surface area contributed by atoms with Crippen molar-refractivity contribution in [1.29, 1.82) is 0 Å². The van der Waals surface area contributed by atoms with Crippen molar-refractivity contribution in [3.63, 3.8) is 0 Å². The quantitative estimate of drug-likeness (QED) is 0.387. The van der Waals surface area contributed by atoms with Crippen molar-refractivity contribution < 1.29 is 28.2 Å². The second-order valence-electron chi connectivity index (χ2n) is 6.95. The van der Waals surface area contributed by atoms with Crippen molar-refractivity contribution in [3.05, 3.63) is 53.8 Å². The van der Waals surface area contributed by atoms with Crippen LogP contribution in [-0.4, -0.2) is 55.6 Å². The molecule has 0 spiro atoms. The number of nitrogens with zero attached hydrogens (tertiary/aromatic N) is 2. The molecule has 0 bridgehead atoms. The molecule has 0 unspecified atom stereocenters. The summed E-state index contributed by atoms with van der Waals surface area (Å²) in [6.07, 6.45) is 3.34. The number of ether oxygens (including phenoxy) is 2. The van der Waals surface area contributed by atoms with Gasteiger partial charge in [-0.25, -0.2) is 9.82 Å². The molecular formula is C22H23FN4O5. The van der Waals surface area contributed by atoms with Crippen LogP contribution in [0.3, 0.4) is 0 Å². The van der Waals surface area contributed by atoms with Gasteiger partial charge in [0, 0.05) is 18.8 Å². The van der Waals surface area contributed by atoms with Crippen LogP contribution in [0.2, 0.25) is 0 Å².